The monoisotopic (exact) mass is 407 g/mol. The third-order valence-electron chi connectivity index (χ3n) is 3.50. The lowest BCUT2D eigenvalue weighted by atomic mass is 10.1. The van der Waals surface area contributed by atoms with Gasteiger partial charge in [0.05, 0.1) is 27.9 Å². The minimum Gasteiger partial charge on any atom is -0.353 e. The Morgan fingerprint density at radius 1 is 1.15 bits per heavy atom. The van der Waals surface area contributed by atoms with Crippen LogP contribution in [0.1, 0.15) is 24.2 Å². The molecule has 1 heterocycles. The van der Waals surface area contributed by atoms with E-state index in [1.807, 2.05) is 24.3 Å². The Morgan fingerprint density at radius 3 is 2.62 bits per heavy atom. The van der Waals surface area contributed by atoms with E-state index in [2.05, 4.69) is 15.5 Å². The van der Waals surface area contributed by atoms with Crippen LogP contribution >= 0.6 is 35.0 Å². The maximum absolute atomic E-state index is 11.0. The van der Waals surface area contributed by atoms with E-state index in [0.29, 0.717) is 39.6 Å². The smallest absolute Gasteiger partial charge is 0.231 e. The molecule has 0 saturated heterocycles. The van der Waals surface area contributed by atoms with Gasteiger partial charge in [-0.1, -0.05) is 64.4 Å². The van der Waals surface area contributed by atoms with Crippen molar-refractivity contribution in [3.05, 3.63) is 69.8 Å². The first-order valence-electron chi connectivity index (χ1n) is 7.76. The van der Waals surface area contributed by atoms with Crippen LogP contribution in [-0.4, -0.2) is 15.3 Å². The predicted molar refractivity (Wildman–Crippen MR) is 105 cm³/mol. The standard InChI is InChI=1S/C18H15Cl2N3O2S/c1-11(24)26-10-16-22-17(25-23-16)9-12-5-2-3-8-15(12)21-18-13(19)6-4-7-14(18)20/h2-8,21H,9-10H2,1H3. The average molecular weight is 408 g/mol. The molecule has 0 saturated carbocycles. The van der Waals surface area contributed by atoms with Gasteiger partial charge in [0.25, 0.3) is 0 Å². The summed E-state index contributed by atoms with van der Waals surface area (Å²) in [4.78, 5) is 15.4. The predicted octanol–water partition coefficient (Wildman–Crippen LogP) is 5.49. The molecule has 0 fully saturated rings. The molecule has 3 aromatic rings. The van der Waals surface area contributed by atoms with Crippen molar-refractivity contribution in [2.75, 3.05) is 5.32 Å². The molecule has 0 radical (unpaired) electrons. The van der Waals surface area contributed by atoms with Gasteiger partial charge in [0.2, 0.25) is 5.89 Å². The molecule has 8 heteroatoms. The molecule has 26 heavy (non-hydrogen) atoms. The summed E-state index contributed by atoms with van der Waals surface area (Å²) >= 11 is 13.6. The van der Waals surface area contributed by atoms with Crippen molar-refractivity contribution >= 4 is 51.5 Å². The highest BCUT2D eigenvalue weighted by molar-refractivity contribution is 8.12. The van der Waals surface area contributed by atoms with Crippen LogP contribution in [0.4, 0.5) is 11.4 Å². The number of hydrogen-bond acceptors (Lipinski definition) is 6. The van der Waals surface area contributed by atoms with Gasteiger partial charge in [-0.2, -0.15) is 4.98 Å². The maximum atomic E-state index is 11.0. The molecule has 1 aromatic heterocycles. The number of hydrogen-bond donors (Lipinski definition) is 1. The summed E-state index contributed by atoms with van der Waals surface area (Å²) in [5, 5.41) is 8.27. The van der Waals surface area contributed by atoms with E-state index >= 15 is 0 Å². The van der Waals surface area contributed by atoms with Gasteiger partial charge in [-0.25, -0.2) is 0 Å². The topological polar surface area (TPSA) is 68.0 Å². The molecule has 0 aliphatic carbocycles. The molecule has 5 nitrogen and oxygen atoms in total. The number of nitrogens with one attached hydrogen (secondary N) is 1. The second-order valence-electron chi connectivity index (χ2n) is 5.44. The van der Waals surface area contributed by atoms with Crippen LogP contribution in [-0.2, 0) is 17.0 Å². The van der Waals surface area contributed by atoms with Crippen molar-refractivity contribution in [1.29, 1.82) is 0 Å². The van der Waals surface area contributed by atoms with E-state index in [1.165, 1.54) is 6.92 Å². The van der Waals surface area contributed by atoms with Gasteiger partial charge in [0.1, 0.15) is 0 Å². The zero-order chi connectivity index (χ0) is 18.5. The molecule has 0 aliphatic rings. The zero-order valence-electron chi connectivity index (χ0n) is 13.8. The second kappa shape index (κ2) is 8.58. The molecular formula is C18H15Cl2N3O2S. The van der Waals surface area contributed by atoms with E-state index in [0.717, 1.165) is 23.0 Å². The molecule has 0 aliphatic heterocycles. The molecule has 134 valence electrons. The highest BCUT2D eigenvalue weighted by atomic mass is 35.5. The Kier molecular flexibility index (Phi) is 6.19. The number of benzene rings is 2. The summed E-state index contributed by atoms with van der Waals surface area (Å²) in [6, 6.07) is 13.1. The second-order valence-corrected chi connectivity index (χ2v) is 7.41. The van der Waals surface area contributed by atoms with E-state index in [-0.39, 0.29) is 5.12 Å². The van der Waals surface area contributed by atoms with Crippen LogP contribution in [0, 0.1) is 0 Å². The van der Waals surface area contributed by atoms with Gasteiger partial charge < -0.3 is 9.84 Å². The maximum Gasteiger partial charge on any atom is 0.231 e. The first kappa shape index (κ1) is 18.8. The van der Waals surface area contributed by atoms with E-state index in [9.17, 15) is 4.79 Å². The Balaban J connectivity index is 1.78. The van der Waals surface area contributed by atoms with Crippen molar-refractivity contribution in [3.8, 4) is 0 Å². The molecule has 1 N–H and O–H groups in total. The van der Waals surface area contributed by atoms with Gasteiger partial charge in [-0.3, -0.25) is 4.79 Å². The molecule has 0 spiro atoms. The summed E-state index contributed by atoms with van der Waals surface area (Å²) in [5.41, 5.74) is 2.45. The van der Waals surface area contributed by atoms with Crippen LogP contribution in [0.5, 0.6) is 0 Å². The van der Waals surface area contributed by atoms with Crippen LogP contribution < -0.4 is 5.32 Å². The number of para-hydroxylation sites is 2. The number of aromatic nitrogens is 2. The van der Waals surface area contributed by atoms with Gasteiger partial charge in [-0.05, 0) is 23.8 Å². The van der Waals surface area contributed by atoms with E-state index < -0.39 is 0 Å². The third kappa shape index (κ3) is 4.78. The summed E-state index contributed by atoms with van der Waals surface area (Å²) in [6.45, 7) is 1.51. The van der Waals surface area contributed by atoms with Gasteiger partial charge >= 0.3 is 0 Å². The van der Waals surface area contributed by atoms with Crippen LogP contribution in [0.2, 0.25) is 10.0 Å². The Labute approximate surface area is 165 Å². The SMILES string of the molecule is CC(=O)SCc1noc(Cc2ccccc2Nc2c(Cl)cccc2Cl)n1. The van der Waals surface area contributed by atoms with Crippen molar-refractivity contribution in [2.45, 2.75) is 19.1 Å². The lowest BCUT2D eigenvalue weighted by molar-refractivity contribution is -0.109. The molecule has 0 bridgehead atoms. The molecule has 0 atom stereocenters. The highest BCUT2D eigenvalue weighted by Gasteiger charge is 2.13. The van der Waals surface area contributed by atoms with Gasteiger partial charge in [0.15, 0.2) is 10.9 Å². The first-order chi connectivity index (χ1) is 12.5. The molecule has 0 amide bonds. The van der Waals surface area contributed by atoms with E-state index in [1.54, 1.807) is 18.2 Å². The summed E-state index contributed by atoms with van der Waals surface area (Å²) < 4.78 is 5.29. The Morgan fingerprint density at radius 2 is 1.88 bits per heavy atom. The number of nitrogens with zero attached hydrogens (tertiary/aromatic N) is 2. The number of carbonyl (C=O) groups is 1. The zero-order valence-corrected chi connectivity index (χ0v) is 16.2. The quantitative estimate of drug-likeness (QED) is 0.582. The lowest BCUT2D eigenvalue weighted by Gasteiger charge is -2.13. The minimum absolute atomic E-state index is 0.0162. The average Bonchev–Trinajstić information content (AvgIpc) is 3.05. The van der Waals surface area contributed by atoms with Gasteiger partial charge in [-0.15, -0.1) is 0 Å². The fraction of sp³-hybridized carbons (Fsp3) is 0.167. The fourth-order valence-electron chi connectivity index (χ4n) is 2.30. The number of halogens is 2. The van der Waals surface area contributed by atoms with E-state index in [4.69, 9.17) is 27.7 Å². The Hall–Kier alpha value is -2.02. The lowest BCUT2D eigenvalue weighted by Crippen LogP contribution is -1.99. The normalized spacial score (nSPS) is 10.7. The van der Waals surface area contributed by atoms with Gasteiger partial charge in [0, 0.05) is 12.6 Å². The fourth-order valence-corrected chi connectivity index (χ4v) is 3.24. The highest BCUT2D eigenvalue weighted by Crippen LogP contribution is 2.34. The van der Waals surface area contributed by atoms with Crippen molar-refractivity contribution in [2.24, 2.45) is 0 Å². The number of carbonyl (C=O) groups excluding carboxylic acids is 1. The minimum atomic E-state index is 0.0162. The summed E-state index contributed by atoms with van der Waals surface area (Å²) in [6.07, 6.45) is 0.447. The number of thioether (sulfide) groups is 1. The Bertz CT molecular complexity index is 910. The molecule has 2 aromatic carbocycles. The van der Waals surface area contributed by atoms with Crippen molar-refractivity contribution in [1.82, 2.24) is 10.1 Å². The van der Waals surface area contributed by atoms with Crippen molar-refractivity contribution in [3.63, 3.8) is 0 Å². The van der Waals surface area contributed by atoms with Crippen LogP contribution in [0.15, 0.2) is 47.0 Å². The van der Waals surface area contributed by atoms with Crippen molar-refractivity contribution < 1.29 is 9.32 Å². The largest absolute Gasteiger partial charge is 0.353 e. The number of anilines is 2. The summed E-state index contributed by atoms with van der Waals surface area (Å²) in [7, 11) is 0. The molecule has 3 rings (SSSR count). The van der Waals surface area contributed by atoms with Crippen LogP contribution in [0.25, 0.3) is 0 Å². The van der Waals surface area contributed by atoms with Crippen LogP contribution in [0.3, 0.4) is 0 Å². The number of rotatable bonds is 6. The molecular weight excluding hydrogens is 393 g/mol. The third-order valence-corrected chi connectivity index (χ3v) is 4.94. The molecule has 0 unspecified atom stereocenters. The first-order valence-corrected chi connectivity index (χ1v) is 9.51. The summed E-state index contributed by atoms with van der Waals surface area (Å²) in [5.74, 6) is 1.37.